The Morgan fingerprint density at radius 1 is 1.31 bits per heavy atom. The van der Waals surface area contributed by atoms with Gasteiger partial charge in [0.15, 0.2) is 0 Å². The van der Waals surface area contributed by atoms with Crippen molar-refractivity contribution in [3.05, 3.63) is 39.4 Å². The molecule has 1 atom stereocenters. The van der Waals surface area contributed by atoms with E-state index in [9.17, 15) is 14.7 Å². The van der Waals surface area contributed by atoms with Crippen molar-refractivity contribution >= 4 is 22.6 Å². The van der Waals surface area contributed by atoms with Gasteiger partial charge in [0.25, 0.3) is 0 Å². The number of benzene rings is 1. The van der Waals surface area contributed by atoms with E-state index in [4.69, 9.17) is 5.73 Å². The second-order valence-electron chi connectivity index (χ2n) is 7.38. The van der Waals surface area contributed by atoms with Crippen LogP contribution in [0.3, 0.4) is 0 Å². The first-order chi connectivity index (χ1) is 12.4. The van der Waals surface area contributed by atoms with E-state index >= 15 is 4.39 Å². The molecule has 6 nitrogen and oxygen atoms in total. The van der Waals surface area contributed by atoms with Gasteiger partial charge in [-0.05, 0) is 38.7 Å². The highest BCUT2D eigenvalue weighted by atomic mass is 19.1. The van der Waals surface area contributed by atoms with Crippen molar-refractivity contribution in [1.82, 2.24) is 4.57 Å². The molecule has 0 bridgehead atoms. The van der Waals surface area contributed by atoms with E-state index < -0.39 is 17.2 Å². The molecule has 4 rings (SSSR count). The lowest BCUT2D eigenvalue weighted by molar-refractivity contribution is 0.0694. The molecule has 138 valence electrons. The van der Waals surface area contributed by atoms with Gasteiger partial charge >= 0.3 is 5.97 Å². The van der Waals surface area contributed by atoms with Crippen LogP contribution >= 0.6 is 0 Å². The van der Waals surface area contributed by atoms with E-state index in [0.29, 0.717) is 30.7 Å². The van der Waals surface area contributed by atoms with E-state index in [-0.39, 0.29) is 23.0 Å². The summed E-state index contributed by atoms with van der Waals surface area (Å²) < 4.78 is 16.9. The number of aryl methyl sites for hydroxylation is 1. The zero-order valence-electron chi connectivity index (χ0n) is 14.7. The molecule has 7 heteroatoms. The van der Waals surface area contributed by atoms with E-state index in [1.54, 1.807) is 0 Å². The third kappa shape index (κ3) is 2.49. The average Bonchev–Trinajstić information content (AvgIpc) is 2.60. The fraction of sp³-hybridized carbons (Fsp3) is 0.474. The van der Waals surface area contributed by atoms with Crippen LogP contribution in [-0.4, -0.2) is 34.8 Å². The fourth-order valence-electron chi connectivity index (χ4n) is 4.25. The van der Waals surface area contributed by atoms with Crippen LogP contribution in [0.4, 0.5) is 10.1 Å². The van der Waals surface area contributed by atoms with E-state index in [1.807, 2.05) is 16.4 Å². The van der Waals surface area contributed by atoms with Crippen LogP contribution in [0.1, 0.15) is 48.1 Å². The van der Waals surface area contributed by atoms with Crippen LogP contribution < -0.4 is 16.1 Å². The number of aromatic carboxylic acids is 1. The summed E-state index contributed by atoms with van der Waals surface area (Å²) >= 11 is 0. The Labute approximate surface area is 150 Å². The second kappa shape index (κ2) is 6.09. The number of nitrogens with two attached hydrogens (primary N) is 1. The molecule has 1 fully saturated rings. The Balaban J connectivity index is 2.00. The quantitative estimate of drug-likeness (QED) is 0.859. The zero-order valence-corrected chi connectivity index (χ0v) is 14.7. The lowest BCUT2D eigenvalue weighted by Gasteiger charge is -2.36. The van der Waals surface area contributed by atoms with E-state index in [0.717, 1.165) is 24.8 Å². The third-order valence-corrected chi connectivity index (χ3v) is 5.71. The standard InChI is InChI=1S/C19H22FN3O3/c1-10-2-3-12-16-13(18(24)14(19(25)26)9-23(10)16)8-15(20)17(12)22-6-4-11(21)5-7-22/h8-11H,2-7,21H2,1H3,(H,25,26). The maximum atomic E-state index is 15.0. The molecular weight excluding hydrogens is 337 g/mol. The number of halogens is 1. The Hall–Kier alpha value is -2.41. The van der Waals surface area contributed by atoms with Crippen molar-refractivity contribution in [3.8, 4) is 0 Å². The first-order valence-electron chi connectivity index (χ1n) is 9.02. The first-order valence-corrected chi connectivity index (χ1v) is 9.02. The topological polar surface area (TPSA) is 88.6 Å². The van der Waals surface area contributed by atoms with Crippen molar-refractivity contribution in [1.29, 1.82) is 0 Å². The highest BCUT2D eigenvalue weighted by Crippen LogP contribution is 2.38. The molecule has 1 aromatic carbocycles. The number of nitrogens with zero attached hydrogens (tertiary/aromatic N) is 2. The second-order valence-corrected chi connectivity index (χ2v) is 7.38. The van der Waals surface area contributed by atoms with Crippen molar-refractivity contribution < 1.29 is 14.3 Å². The van der Waals surface area contributed by atoms with Gasteiger partial charge in [0, 0.05) is 42.3 Å². The molecule has 0 radical (unpaired) electrons. The fourth-order valence-corrected chi connectivity index (χ4v) is 4.25. The molecule has 2 aliphatic rings. The van der Waals surface area contributed by atoms with Gasteiger partial charge in [-0.25, -0.2) is 9.18 Å². The Bertz CT molecular complexity index is 961. The largest absolute Gasteiger partial charge is 0.477 e. The van der Waals surface area contributed by atoms with Crippen molar-refractivity contribution in [2.45, 2.75) is 44.7 Å². The van der Waals surface area contributed by atoms with Crippen LogP contribution in [0.15, 0.2) is 17.1 Å². The van der Waals surface area contributed by atoms with Crippen LogP contribution in [0.25, 0.3) is 10.9 Å². The first kappa shape index (κ1) is 17.0. The highest BCUT2D eigenvalue weighted by Gasteiger charge is 2.29. The van der Waals surface area contributed by atoms with Gasteiger partial charge in [0.1, 0.15) is 11.4 Å². The van der Waals surface area contributed by atoms with E-state index in [1.165, 1.54) is 12.3 Å². The number of piperidine rings is 1. The SMILES string of the molecule is CC1CCc2c(N3CCC(N)CC3)c(F)cc3c(=O)c(C(=O)O)cn1c23. The number of carboxylic acid groups (broad SMARTS) is 1. The summed E-state index contributed by atoms with van der Waals surface area (Å²) in [7, 11) is 0. The number of carboxylic acids is 1. The third-order valence-electron chi connectivity index (χ3n) is 5.71. The summed E-state index contributed by atoms with van der Waals surface area (Å²) in [5, 5.41) is 9.50. The van der Waals surface area contributed by atoms with Gasteiger partial charge in [-0.15, -0.1) is 0 Å². The summed E-state index contributed by atoms with van der Waals surface area (Å²) in [5.41, 5.74) is 7.07. The number of aromatic nitrogens is 1. The molecule has 0 saturated carbocycles. The van der Waals surface area contributed by atoms with Crippen molar-refractivity contribution in [2.24, 2.45) is 5.73 Å². The number of rotatable bonds is 2. The Kier molecular flexibility index (Phi) is 3.99. The molecule has 0 spiro atoms. The minimum atomic E-state index is -1.28. The number of pyridine rings is 1. The predicted molar refractivity (Wildman–Crippen MR) is 97.6 cm³/mol. The molecule has 26 heavy (non-hydrogen) atoms. The summed E-state index contributed by atoms with van der Waals surface area (Å²) in [6.07, 6.45) is 4.46. The smallest absolute Gasteiger partial charge is 0.341 e. The predicted octanol–water partition coefficient (Wildman–Crippen LogP) is 2.27. The molecule has 1 unspecified atom stereocenters. The molecule has 0 aliphatic carbocycles. The number of hydrogen-bond acceptors (Lipinski definition) is 4. The van der Waals surface area contributed by atoms with E-state index in [2.05, 4.69) is 0 Å². The molecule has 1 saturated heterocycles. The molecule has 0 amide bonds. The summed E-state index contributed by atoms with van der Waals surface area (Å²) in [6, 6.07) is 1.41. The summed E-state index contributed by atoms with van der Waals surface area (Å²) in [6.45, 7) is 3.36. The maximum Gasteiger partial charge on any atom is 0.341 e. The molecule has 2 aliphatic heterocycles. The number of anilines is 1. The minimum absolute atomic E-state index is 0.0526. The minimum Gasteiger partial charge on any atom is -0.477 e. The lowest BCUT2D eigenvalue weighted by Crippen LogP contribution is -2.40. The molecule has 3 N–H and O–H groups in total. The summed E-state index contributed by atoms with van der Waals surface area (Å²) in [5.74, 6) is -1.74. The van der Waals surface area contributed by atoms with Crippen LogP contribution in [0.2, 0.25) is 0 Å². The lowest BCUT2D eigenvalue weighted by atomic mass is 9.92. The molecular formula is C19H22FN3O3. The number of hydrogen-bond donors (Lipinski definition) is 2. The van der Waals surface area contributed by atoms with Gasteiger partial charge < -0.3 is 20.3 Å². The van der Waals surface area contributed by atoms with Crippen LogP contribution in [0.5, 0.6) is 0 Å². The van der Waals surface area contributed by atoms with Gasteiger partial charge in [0.05, 0.1) is 11.2 Å². The van der Waals surface area contributed by atoms with Gasteiger partial charge in [-0.3, -0.25) is 4.79 Å². The van der Waals surface area contributed by atoms with Gasteiger partial charge in [-0.1, -0.05) is 0 Å². The number of carbonyl (C=O) groups is 1. The maximum absolute atomic E-state index is 15.0. The van der Waals surface area contributed by atoms with Crippen molar-refractivity contribution in [3.63, 3.8) is 0 Å². The Morgan fingerprint density at radius 2 is 2.00 bits per heavy atom. The Morgan fingerprint density at radius 3 is 2.65 bits per heavy atom. The average molecular weight is 359 g/mol. The van der Waals surface area contributed by atoms with Crippen LogP contribution in [-0.2, 0) is 6.42 Å². The molecule has 3 heterocycles. The molecule has 2 aromatic rings. The zero-order chi connectivity index (χ0) is 18.6. The monoisotopic (exact) mass is 359 g/mol. The van der Waals surface area contributed by atoms with Gasteiger partial charge in [0.2, 0.25) is 5.43 Å². The summed E-state index contributed by atoms with van der Waals surface area (Å²) in [4.78, 5) is 26.1. The molecule has 1 aromatic heterocycles. The van der Waals surface area contributed by atoms with Crippen molar-refractivity contribution in [2.75, 3.05) is 18.0 Å². The highest BCUT2D eigenvalue weighted by molar-refractivity contribution is 5.95. The van der Waals surface area contributed by atoms with Crippen LogP contribution in [0, 0.1) is 5.82 Å². The van der Waals surface area contributed by atoms with Gasteiger partial charge in [-0.2, -0.15) is 0 Å². The normalized spacial score (nSPS) is 20.6.